The van der Waals surface area contributed by atoms with Gasteiger partial charge in [-0.2, -0.15) is 13.2 Å². The lowest BCUT2D eigenvalue weighted by Crippen LogP contribution is -2.29. The van der Waals surface area contributed by atoms with Crippen LogP contribution in [0.3, 0.4) is 0 Å². The molecule has 5 rings (SSSR count). The van der Waals surface area contributed by atoms with Crippen molar-refractivity contribution in [3.05, 3.63) is 82.3 Å². The van der Waals surface area contributed by atoms with Crippen LogP contribution >= 0.6 is 0 Å². The van der Waals surface area contributed by atoms with Gasteiger partial charge in [-0.3, -0.25) is 0 Å². The van der Waals surface area contributed by atoms with Gasteiger partial charge < -0.3 is 9.84 Å². The predicted octanol–water partition coefficient (Wildman–Crippen LogP) is 7.44. The minimum Gasteiger partial charge on any atom is -0.471 e. The van der Waals surface area contributed by atoms with Gasteiger partial charge in [-0.05, 0) is 54.2 Å². The third-order valence-electron chi connectivity index (χ3n) is 6.75. The fourth-order valence-electron chi connectivity index (χ4n) is 4.78. The second-order valence-electron chi connectivity index (χ2n) is 9.65. The van der Waals surface area contributed by atoms with Crippen LogP contribution in [0.4, 0.5) is 22.0 Å². The van der Waals surface area contributed by atoms with Crippen LogP contribution in [0.15, 0.2) is 48.5 Å². The lowest BCUT2D eigenvalue weighted by Gasteiger charge is -2.33. The molecule has 1 N–H and O–H groups in total. The highest BCUT2D eigenvalue weighted by atomic mass is 19.4. The Bertz CT molecular complexity index is 1250. The number of aliphatic hydroxyl groups excluding tert-OH is 1. The van der Waals surface area contributed by atoms with E-state index in [0.717, 1.165) is 37.1 Å². The van der Waals surface area contributed by atoms with E-state index in [4.69, 9.17) is 4.74 Å². The predicted molar refractivity (Wildman–Crippen MR) is 120 cm³/mol. The Balaban J connectivity index is 1.74. The largest absolute Gasteiger partial charge is 0.471 e. The average molecular weight is 489 g/mol. The number of hydrogen-bond donors (Lipinski definition) is 1. The van der Waals surface area contributed by atoms with Crippen molar-refractivity contribution in [2.24, 2.45) is 0 Å². The van der Waals surface area contributed by atoms with Crippen LogP contribution in [0.25, 0.3) is 11.1 Å². The molecular formula is C27H24F5NO2. The normalized spacial score (nSPS) is 19.4. The summed E-state index contributed by atoms with van der Waals surface area (Å²) in [6, 6.07) is 9.37. The van der Waals surface area contributed by atoms with E-state index in [1.165, 1.54) is 24.3 Å². The topological polar surface area (TPSA) is 42.4 Å². The van der Waals surface area contributed by atoms with Gasteiger partial charge in [0.05, 0.1) is 22.9 Å². The minimum absolute atomic E-state index is 0.0230. The monoisotopic (exact) mass is 489 g/mol. The zero-order valence-electron chi connectivity index (χ0n) is 19.2. The molecule has 35 heavy (non-hydrogen) atoms. The van der Waals surface area contributed by atoms with Gasteiger partial charge in [-0.1, -0.05) is 38.1 Å². The number of ether oxygens (including phenoxy) is 1. The van der Waals surface area contributed by atoms with Gasteiger partial charge in [0.15, 0.2) is 6.17 Å². The van der Waals surface area contributed by atoms with Gasteiger partial charge in [0.2, 0.25) is 5.88 Å². The molecule has 2 heterocycles. The third kappa shape index (κ3) is 4.29. The molecular weight excluding hydrogens is 465 g/mol. The molecule has 0 bridgehead atoms. The number of aliphatic hydroxyl groups is 1. The maximum Gasteiger partial charge on any atom is 0.416 e. The quantitative estimate of drug-likeness (QED) is 0.388. The van der Waals surface area contributed by atoms with Crippen molar-refractivity contribution >= 4 is 0 Å². The molecule has 1 fully saturated rings. The number of aromatic nitrogens is 1. The number of halogens is 5. The van der Waals surface area contributed by atoms with E-state index in [1.807, 2.05) is 13.8 Å². The molecule has 2 aliphatic rings. The van der Waals surface area contributed by atoms with Crippen LogP contribution in [0.2, 0.25) is 0 Å². The van der Waals surface area contributed by atoms with E-state index < -0.39 is 35.4 Å². The second-order valence-corrected chi connectivity index (χ2v) is 9.65. The lowest BCUT2D eigenvalue weighted by molar-refractivity contribution is -0.137. The maximum atomic E-state index is 16.3. The van der Waals surface area contributed by atoms with Gasteiger partial charge >= 0.3 is 6.18 Å². The van der Waals surface area contributed by atoms with E-state index in [0.29, 0.717) is 28.8 Å². The first-order valence-electron chi connectivity index (χ1n) is 11.5. The Labute approximate surface area is 199 Å². The number of pyridine rings is 1. The fourth-order valence-corrected chi connectivity index (χ4v) is 4.78. The molecule has 0 radical (unpaired) electrons. The number of rotatable bonds is 4. The zero-order valence-corrected chi connectivity index (χ0v) is 19.2. The lowest BCUT2D eigenvalue weighted by atomic mass is 9.83. The molecule has 1 spiro atoms. The van der Waals surface area contributed by atoms with Crippen molar-refractivity contribution in [3.63, 3.8) is 0 Å². The Kier molecular flexibility index (Phi) is 5.62. The van der Waals surface area contributed by atoms with Crippen LogP contribution in [-0.2, 0) is 6.18 Å². The second kappa shape index (κ2) is 8.29. The summed E-state index contributed by atoms with van der Waals surface area (Å²) in [6.45, 7) is 3.66. The Hall–Kier alpha value is -3.00. The van der Waals surface area contributed by atoms with Crippen LogP contribution in [0, 0.1) is 5.82 Å². The van der Waals surface area contributed by atoms with Gasteiger partial charge in [0.25, 0.3) is 0 Å². The van der Waals surface area contributed by atoms with E-state index in [9.17, 15) is 22.7 Å². The fraction of sp³-hybridized carbons (Fsp3) is 0.370. The Morgan fingerprint density at radius 1 is 1.03 bits per heavy atom. The summed E-state index contributed by atoms with van der Waals surface area (Å²) < 4.78 is 75.4. The first-order chi connectivity index (χ1) is 16.5. The minimum atomic E-state index is -4.54. The molecule has 0 saturated heterocycles. The molecule has 0 amide bonds. The van der Waals surface area contributed by atoms with Gasteiger partial charge in [0.1, 0.15) is 11.4 Å². The van der Waals surface area contributed by atoms with Crippen LogP contribution in [-0.4, -0.2) is 15.7 Å². The summed E-state index contributed by atoms with van der Waals surface area (Å²) in [4.78, 5) is 4.63. The average Bonchev–Trinajstić information content (AvgIpc) is 3.55. The van der Waals surface area contributed by atoms with Crippen LogP contribution < -0.4 is 4.74 Å². The van der Waals surface area contributed by atoms with Crippen molar-refractivity contribution in [1.82, 2.24) is 4.98 Å². The summed E-state index contributed by atoms with van der Waals surface area (Å²) in [5.74, 6) is -0.511. The highest BCUT2D eigenvalue weighted by Gasteiger charge is 2.52. The molecule has 2 atom stereocenters. The Morgan fingerprint density at radius 3 is 2.20 bits per heavy atom. The molecule has 3 nitrogen and oxygen atoms in total. The first-order valence-corrected chi connectivity index (χ1v) is 11.5. The van der Waals surface area contributed by atoms with Crippen molar-refractivity contribution in [2.75, 3.05) is 0 Å². The van der Waals surface area contributed by atoms with Crippen molar-refractivity contribution in [1.29, 1.82) is 0 Å². The maximum absolute atomic E-state index is 16.3. The van der Waals surface area contributed by atoms with E-state index in [-0.39, 0.29) is 22.9 Å². The van der Waals surface area contributed by atoms with Gasteiger partial charge in [-0.15, -0.1) is 0 Å². The molecule has 3 aromatic rings. The van der Waals surface area contributed by atoms with Crippen LogP contribution in [0.1, 0.15) is 79.3 Å². The van der Waals surface area contributed by atoms with Crippen molar-refractivity contribution in [3.8, 4) is 17.0 Å². The summed E-state index contributed by atoms with van der Waals surface area (Å²) in [5, 5.41) is 11.1. The van der Waals surface area contributed by atoms with Crippen molar-refractivity contribution < 1.29 is 31.8 Å². The molecule has 1 aliphatic heterocycles. The summed E-state index contributed by atoms with van der Waals surface area (Å²) >= 11 is 0. The van der Waals surface area contributed by atoms with Gasteiger partial charge in [-0.25, -0.2) is 13.8 Å². The molecule has 1 unspecified atom stereocenters. The number of nitrogens with zero attached hydrogens (tertiary/aromatic N) is 1. The molecule has 1 aromatic heterocycles. The molecule has 8 heteroatoms. The van der Waals surface area contributed by atoms with E-state index in [1.54, 1.807) is 0 Å². The highest BCUT2D eigenvalue weighted by molar-refractivity contribution is 5.76. The van der Waals surface area contributed by atoms with Crippen molar-refractivity contribution in [2.45, 2.75) is 63.1 Å². The number of fused-ring (bicyclic) bond motifs is 1. The smallest absolute Gasteiger partial charge is 0.416 e. The summed E-state index contributed by atoms with van der Waals surface area (Å²) in [5.41, 5.74) is 0.314. The summed E-state index contributed by atoms with van der Waals surface area (Å²) in [7, 11) is 0. The SMILES string of the molecule is CC(C)c1nc2c(c(-c3ccc(F)cc3)c1C(F)c1ccc(C(F)(F)F)cc1)[C@@H](O)CC1(CC1)O2. The summed E-state index contributed by atoms with van der Waals surface area (Å²) in [6.07, 6.45) is -5.46. The van der Waals surface area contributed by atoms with Crippen LogP contribution in [0.5, 0.6) is 5.88 Å². The number of benzene rings is 2. The standard InChI is InChI=1S/C27H24F5NO2/c1-14(2)24-22(23(29)16-3-7-17(8-4-16)27(30,31)32)20(15-5-9-18(28)10-6-15)21-19(34)13-26(11-12-26)35-25(21)33-24/h3-10,14,19,23,34H,11-13H2,1-2H3/t19-,23?/m0/s1. The third-order valence-corrected chi connectivity index (χ3v) is 6.75. The Morgan fingerprint density at radius 2 is 1.66 bits per heavy atom. The molecule has 184 valence electrons. The van der Waals surface area contributed by atoms with E-state index >= 15 is 4.39 Å². The molecule has 1 saturated carbocycles. The van der Waals surface area contributed by atoms with Gasteiger partial charge in [0, 0.05) is 17.5 Å². The number of alkyl halides is 4. The first kappa shape index (κ1) is 23.7. The molecule has 2 aromatic carbocycles. The van der Waals surface area contributed by atoms with E-state index in [2.05, 4.69) is 4.98 Å². The zero-order chi connectivity index (χ0) is 25.1. The highest BCUT2D eigenvalue weighted by Crippen LogP contribution is 2.55. The number of hydrogen-bond acceptors (Lipinski definition) is 3. The molecule has 1 aliphatic carbocycles.